The minimum atomic E-state index is -0.199. The Morgan fingerprint density at radius 1 is 1.37 bits per heavy atom. The van der Waals surface area contributed by atoms with E-state index in [1.54, 1.807) is 6.92 Å². The molecule has 0 bridgehead atoms. The van der Waals surface area contributed by atoms with E-state index >= 15 is 0 Å². The van der Waals surface area contributed by atoms with Crippen molar-refractivity contribution in [2.75, 3.05) is 0 Å². The van der Waals surface area contributed by atoms with Gasteiger partial charge in [0.15, 0.2) is 0 Å². The Hall–Kier alpha value is -1.17. The van der Waals surface area contributed by atoms with Crippen LogP contribution in [0.3, 0.4) is 0 Å². The van der Waals surface area contributed by atoms with E-state index in [4.69, 9.17) is 0 Å². The molecule has 1 aromatic heterocycles. The molecule has 1 saturated heterocycles. The van der Waals surface area contributed by atoms with Gasteiger partial charge in [-0.05, 0) is 29.3 Å². The second-order valence-corrected chi connectivity index (χ2v) is 5.59. The van der Waals surface area contributed by atoms with Gasteiger partial charge in [0.25, 0.3) is 0 Å². The molecule has 0 saturated carbocycles. The monoisotopic (exact) mass is 327 g/mol. The summed E-state index contributed by atoms with van der Waals surface area (Å²) in [6.45, 7) is 6.86. The van der Waals surface area contributed by atoms with E-state index in [2.05, 4.69) is 21.0 Å². The zero-order chi connectivity index (χ0) is 14.2. The Morgan fingerprint density at radius 3 is 2.53 bits per heavy atom. The highest BCUT2D eigenvalue weighted by Crippen LogP contribution is 2.27. The van der Waals surface area contributed by atoms with Crippen LogP contribution in [-0.2, 0) is 29.1 Å². The van der Waals surface area contributed by atoms with E-state index in [1.807, 2.05) is 18.5 Å². The van der Waals surface area contributed by atoms with E-state index in [1.165, 1.54) is 4.90 Å². The number of carbonyl (C=O) groups is 2. The van der Waals surface area contributed by atoms with E-state index < -0.39 is 0 Å². The molecule has 0 aromatic carbocycles. The van der Waals surface area contributed by atoms with Crippen LogP contribution in [0.4, 0.5) is 0 Å². The van der Waals surface area contributed by atoms with Crippen LogP contribution in [-0.4, -0.2) is 26.5 Å². The molecule has 1 fully saturated rings. The molecule has 19 heavy (non-hydrogen) atoms. The summed E-state index contributed by atoms with van der Waals surface area (Å²) in [5.74, 6) is -0.375. The van der Waals surface area contributed by atoms with Crippen molar-refractivity contribution in [3.63, 3.8) is 0 Å². The fourth-order valence-corrected chi connectivity index (χ4v) is 3.02. The summed E-state index contributed by atoms with van der Waals surface area (Å²) in [5, 5.41) is 4.48. The third-order valence-corrected chi connectivity index (χ3v) is 4.39. The highest BCUT2D eigenvalue weighted by Gasteiger charge is 2.36. The van der Waals surface area contributed by atoms with Crippen molar-refractivity contribution < 1.29 is 9.59 Å². The van der Waals surface area contributed by atoms with Gasteiger partial charge in [-0.1, -0.05) is 13.8 Å². The Labute approximate surface area is 121 Å². The van der Waals surface area contributed by atoms with Gasteiger partial charge in [0.1, 0.15) is 0 Å². The lowest BCUT2D eigenvalue weighted by molar-refractivity contribution is -0.140. The molecule has 104 valence electrons. The summed E-state index contributed by atoms with van der Waals surface area (Å²) in [6.07, 6.45) is 1.14. The molecule has 2 amide bonds. The van der Waals surface area contributed by atoms with Crippen molar-refractivity contribution in [1.82, 2.24) is 14.7 Å². The molecular weight excluding hydrogens is 310 g/mol. The maximum atomic E-state index is 12.0. The summed E-state index contributed by atoms with van der Waals surface area (Å²) < 4.78 is 2.77. The van der Waals surface area contributed by atoms with Crippen molar-refractivity contribution in [3.8, 4) is 0 Å². The Balaban J connectivity index is 2.31. The standard InChI is InChI=1S/C13H18BrN3O2/c1-4-9-12(14)10(17(5-2)15-9)7-16-11(18)6-8(3)13(16)19/h8H,4-7H2,1-3H3. The number of aromatic nitrogens is 2. The van der Waals surface area contributed by atoms with Gasteiger partial charge in [-0.2, -0.15) is 5.10 Å². The molecule has 0 aliphatic carbocycles. The van der Waals surface area contributed by atoms with E-state index in [0.29, 0.717) is 13.0 Å². The summed E-state index contributed by atoms with van der Waals surface area (Å²) in [5.41, 5.74) is 1.86. The van der Waals surface area contributed by atoms with Crippen LogP contribution in [0, 0.1) is 5.92 Å². The number of nitrogens with zero attached hydrogens (tertiary/aromatic N) is 3. The second-order valence-electron chi connectivity index (χ2n) is 4.80. The van der Waals surface area contributed by atoms with Gasteiger partial charge in [-0.3, -0.25) is 19.2 Å². The van der Waals surface area contributed by atoms with Gasteiger partial charge >= 0.3 is 0 Å². The van der Waals surface area contributed by atoms with Crippen LogP contribution in [0.1, 0.15) is 38.6 Å². The van der Waals surface area contributed by atoms with E-state index in [9.17, 15) is 9.59 Å². The van der Waals surface area contributed by atoms with Crippen LogP contribution in [0.5, 0.6) is 0 Å². The molecule has 2 rings (SSSR count). The number of halogens is 1. The van der Waals surface area contributed by atoms with Crippen LogP contribution in [0.2, 0.25) is 0 Å². The molecule has 1 atom stereocenters. The summed E-state index contributed by atoms with van der Waals surface area (Å²) in [7, 11) is 0. The maximum absolute atomic E-state index is 12.0. The second kappa shape index (κ2) is 5.45. The smallest absolute Gasteiger partial charge is 0.232 e. The number of rotatable bonds is 4. The zero-order valence-corrected chi connectivity index (χ0v) is 13.0. The quantitative estimate of drug-likeness (QED) is 0.796. The highest BCUT2D eigenvalue weighted by atomic mass is 79.9. The molecule has 0 spiro atoms. The van der Waals surface area contributed by atoms with E-state index in [-0.39, 0.29) is 17.7 Å². The molecule has 1 aromatic rings. The Kier molecular flexibility index (Phi) is 4.08. The SMILES string of the molecule is CCc1nn(CC)c(CN2C(=O)CC(C)C2=O)c1Br. The predicted molar refractivity (Wildman–Crippen MR) is 74.3 cm³/mol. The normalized spacial score (nSPS) is 19.6. The number of likely N-dealkylation sites (tertiary alicyclic amines) is 1. The first-order valence-electron chi connectivity index (χ1n) is 6.57. The number of amides is 2. The first kappa shape index (κ1) is 14.2. The maximum Gasteiger partial charge on any atom is 0.232 e. The van der Waals surface area contributed by atoms with Gasteiger partial charge in [0.05, 0.1) is 22.4 Å². The highest BCUT2D eigenvalue weighted by molar-refractivity contribution is 9.10. The summed E-state index contributed by atoms with van der Waals surface area (Å²) in [6, 6.07) is 0. The number of carbonyl (C=O) groups excluding carboxylic acids is 2. The Morgan fingerprint density at radius 2 is 2.05 bits per heavy atom. The molecule has 1 aliphatic rings. The van der Waals surface area contributed by atoms with Crippen molar-refractivity contribution in [2.45, 2.75) is 46.7 Å². The van der Waals surface area contributed by atoms with Gasteiger partial charge in [-0.25, -0.2) is 0 Å². The van der Waals surface area contributed by atoms with Crippen molar-refractivity contribution in [1.29, 1.82) is 0 Å². The topological polar surface area (TPSA) is 55.2 Å². The lowest BCUT2D eigenvalue weighted by atomic mass is 10.1. The minimum Gasteiger partial charge on any atom is -0.276 e. The molecular formula is C13H18BrN3O2. The first-order valence-corrected chi connectivity index (χ1v) is 7.37. The minimum absolute atomic E-state index is 0.0844. The number of hydrogen-bond acceptors (Lipinski definition) is 3. The Bertz CT molecular complexity index is 524. The number of hydrogen-bond donors (Lipinski definition) is 0. The summed E-state index contributed by atoms with van der Waals surface area (Å²) >= 11 is 3.53. The molecule has 6 heteroatoms. The van der Waals surface area contributed by atoms with Crippen LogP contribution < -0.4 is 0 Å². The van der Waals surface area contributed by atoms with Gasteiger partial charge < -0.3 is 0 Å². The lowest BCUT2D eigenvalue weighted by Crippen LogP contribution is -2.30. The van der Waals surface area contributed by atoms with Crippen LogP contribution in [0.25, 0.3) is 0 Å². The zero-order valence-electron chi connectivity index (χ0n) is 11.4. The van der Waals surface area contributed by atoms with Crippen molar-refractivity contribution in [3.05, 3.63) is 15.9 Å². The van der Waals surface area contributed by atoms with E-state index in [0.717, 1.165) is 28.8 Å². The molecule has 2 heterocycles. The third kappa shape index (κ3) is 2.45. The van der Waals surface area contributed by atoms with Gasteiger partial charge in [0, 0.05) is 18.9 Å². The first-order chi connectivity index (χ1) is 8.99. The fourth-order valence-electron chi connectivity index (χ4n) is 2.33. The van der Waals surface area contributed by atoms with Crippen LogP contribution >= 0.6 is 15.9 Å². The molecule has 1 aliphatic heterocycles. The van der Waals surface area contributed by atoms with Crippen LogP contribution in [0.15, 0.2) is 4.47 Å². The third-order valence-electron chi connectivity index (χ3n) is 3.47. The predicted octanol–water partition coefficient (Wildman–Crippen LogP) is 2.12. The number of aryl methyl sites for hydroxylation is 2. The molecule has 1 unspecified atom stereocenters. The molecule has 0 radical (unpaired) electrons. The lowest BCUT2D eigenvalue weighted by Gasteiger charge is -2.15. The van der Waals surface area contributed by atoms with Crippen molar-refractivity contribution >= 4 is 27.7 Å². The summed E-state index contributed by atoms with van der Waals surface area (Å²) in [4.78, 5) is 25.2. The average molecular weight is 328 g/mol. The van der Waals surface area contributed by atoms with Gasteiger partial charge in [-0.15, -0.1) is 0 Å². The average Bonchev–Trinajstić information content (AvgIpc) is 2.82. The fraction of sp³-hybridized carbons (Fsp3) is 0.615. The van der Waals surface area contributed by atoms with Gasteiger partial charge in [0.2, 0.25) is 11.8 Å². The molecule has 0 N–H and O–H groups in total. The largest absolute Gasteiger partial charge is 0.276 e. The molecule has 5 nitrogen and oxygen atoms in total. The number of imide groups is 1. The van der Waals surface area contributed by atoms with Crippen molar-refractivity contribution in [2.24, 2.45) is 5.92 Å².